The Balaban J connectivity index is 3.24. The van der Waals surface area contributed by atoms with E-state index < -0.39 is 10.9 Å². The van der Waals surface area contributed by atoms with E-state index in [1.54, 1.807) is 11.9 Å². The summed E-state index contributed by atoms with van der Waals surface area (Å²) in [4.78, 5) is 23.2. The monoisotopic (exact) mass is 266 g/mol. The maximum Gasteiger partial charge on any atom is 0.335 e. The van der Waals surface area contributed by atoms with Gasteiger partial charge in [0.25, 0.3) is 5.69 Å². The minimum atomic E-state index is -1.10. The van der Waals surface area contributed by atoms with Gasteiger partial charge in [-0.2, -0.15) is 0 Å². The Morgan fingerprint density at radius 3 is 2.42 bits per heavy atom. The summed E-state index contributed by atoms with van der Waals surface area (Å²) in [5.41, 5.74) is 0.222. The van der Waals surface area contributed by atoms with E-state index in [1.165, 1.54) is 18.2 Å². The molecular formula is C13H18N2O4. The molecule has 1 aromatic rings. The van der Waals surface area contributed by atoms with Crippen LogP contribution < -0.4 is 4.90 Å². The molecule has 0 amide bonds. The molecule has 0 aliphatic carbocycles. The lowest BCUT2D eigenvalue weighted by atomic mass is 9.96. The first-order valence-corrected chi connectivity index (χ1v) is 5.85. The minimum absolute atomic E-state index is 0.0429. The van der Waals surface area contributed by atoms with Crippen molar-refractivity contribution in [3.8, 4) is 0 Å². The fraction of sp³-hybridized carbons (Fsp3) is 0.462. The molecule has 0 atom stereocenters. The molecule has 6 heteroatoms. The molecule has 0 aliphatic rings. The van der Waals surface area contributed by atoms with Crippen molar-refractivity contribution in [2.75, 3.05) is 18.5 Å². The van der Waals surface area contributed by atoms with Gasteiger partial charge in [0.1, 0.15) is 5.69 Å². The van der Waals surface area contributed by atoms with Crippen molar-refractivity contribution in [2.45, 2.75) is 20.8 Å². The van der Waals surface area contributed by atoms with Crippen LogP contribution in [0, 0.1) is 15.5 Å². The molecule has 0 radical (unpaired) electrons. The number of aromatic carboxylic acids is 1. The summed E-state index contributed by atoms with van der Waals surface area (Å²) in [5, 5.41) is 20.0. The largest absolute Gasteiger partial charge is 0.478 e. The van der Waals surface area contributed by atoms with Crippen LogP contribution in [0.1, 0.15) is 31.1 Å². The van der Waals surface area contributed by atoms with Gasteiger partial charge >= 0.3 is 5.97 Å². The highest BCUT2D eigenvalue weighted by molar-refractivity contribution is 5.90. The molecule has 0 fully saturated rings. The number of hydrogen-bond donors (Lipinski definition) is 1. The van der Waals surface area contributed by atoms with Gasteiger partial charge in [-0.15, -0.1) is 0 Å². The summed E-state index contributed by atoms with van der Waals surface area (Å²) >= 11 is 0. The fourth-order valence-electron chi connectivity index (χ4n) is 1.91. The second-order valence-corrected chi connectivity index (χ2v) is 5.68. The maximum absolute atomic E-state index is 11.0. The summed E-state index contributed by atoms with van der Waals surface area (Å²) in [6.45, 7) is 6.61. The quantitative estimate of drug-likeness (QED) is 0.669. The SMILES string of the molecule is CN(CC(C)(C)C)c1cc(C(=O)O)ccc1[N+](=O)[O-]. The molecule has 0 saturated carbocycles. The van der Waals surface area contributed by atoms with Crippen molar-refractivity contribution >= 4 is 17.3 Å². The fourth-order valence-corrected chi connectivity index (χ4v) is 1.91. The van der Waals surface area contributed by atoms with E-state index in [4.69, 9.17) is 5.11 Å². The number of anilines is 1. The van der Waals surface area contributed by atoms with Crippen molar-refractivity contribution in [1.82, 2.24) is 0 Å². The van der Waals surface area contributed by atoms with Crippen molar-refractivity contribution in [1.29, 1.82) is 0 Å². The van der Waals surface area contributed by atoms with E-state index >= 15 is 0 Å². The number of carboxylic acids is 1. The number of rotatable bonds is 4. The van der Waals surface area contributed by atoms with E-state index in [2.05, 4.69) is 0 Å². The van der Waals surface area contributed by atoms with Gasteiger partial charge in [-0.05, 0) is 17.5 Å². The van der Waals surface area contributed by atoms with Crippen LogP contribution in [0.5, 0.6) is 0 Å². The van der Waals surface area contributed by atoms with E-state index in [1.807, 2.05) is 20.8 Å². The van der Waals surface area contributed by atoms with Crippen molar-refractivity contribution < 1.29 is 14.8 Å². The standard InChI is InChI=1S/C13H18N2O4/c1-13(2,3)8-14(4)11-7-9(12(16)17)5-6-10(11)15(18)19/h5-7H,8H2,1-4H3,(H,16,17). The van der Waals surface area contributed by atoms with Crippen LogP contribution in [0.2, 0.25) is 0 Å². The molecule has 6 nitrogen and oxygen atoms in total. The predicted octanol–water partition coefficient (Wildman–Crippen LogP) is 2.78. The van der Waals surface area contributed by atoms with Crippen molar-refractivity contribution in [3.63, 3.8) is 0 Å². The molecule has 0 spiro atoms. The lowest BCUT2D eigenvalue weighted by molar-refractivity contribution is -0.384. The van der Waals surface area contributed by atoms with Crippen LogP contribution in [0.3, 0.4) is 0 Å². The zero-order valence-corrected chi connectivity index (χ0v) is 11.5. The number of carboxylic acid groups (broad SMARTS) is 1. The third kappa shape index (κ3) is 3.94. The van der Waals surface area contributed by atoms with Crippen LogP contribution >= 0.6 is 0 Å². The van der Waals surface area contributed by atoms with E-state index in [9.17, 15) is 14.9 Å². The van der Waals surface area contributed by atoms with Crippen molar-refractivity contribution in [2.24, 2.45) is 5.41 Å². The summed E-state index contributed by atoms with van der Waals surface area (Å²) < 4.78 is 0. The second-order valence-electron chi connectivity index (χ2n) is 5.68. The van der Waals surface area contributed by atoms with Gasteiger partial charge in [0.2, 0.25) is 0 Å². The molecule has 104 valence electrons. The molecule has 1 N–H and O–H groups in total. The average Bonchev–Trinajstić information content (AvgIpc) is 2.25. The van der Waals surface area contributed by atoms with Crippen LogP contribution in [0.25, 0.3) is 0 Å². The molecule has 0 heterocycles. The molecule has 19 heavy (non-hydrogen) atoms. The Bertz CT molecular complexity index is 506. The number of nitro benzene ring substituents is 1. The van der Waals surface area contributed by atoms with Crippen LogP contribution in [0.4, 0.5) is 11.4 Å². The zero-order valence-electron chi connectivity index (χ0n) is 11.5. The van der Waals surface area contributed by atoms with Gasteiger partial charge in [-0.3, -0.25) is 10.1 Å². The van der Waals surface area contributed by atoms with Gasteiger partial charge in [0.05, 0.1) is 10.5 Å². The number of benzene rings is 1. The molecule has 0 unspecified atom stereocenters. The van der Waals surface area contributed by atoms with E-state index in [-0.39, 0.29) is 16.7 Å². The number of nitrogens with zero attached hydrogens (tertiary/aromatic N) is 2. The molecule has 0 aromatic heterocycles. The van der Waals surface area contributed by atoms with Crippen LogP contribution in [0.15, 0.2) is 18.2 Å². The lowest BCUT2D eigenvalue weighted by Crippen LogP contribution is -2.29. The first-order chi connectivity index (χ1) is 8.61. The number of carbonyl (C=O) groups is 1. The van der Waals surface area contributed by atoms with Gasteiger partial charge < -0.3 is 10.0 Å². The second kappa shape index (κ2) is 5.26. The van der Waals surface area contributed by atoms with Gasteiger partial charge in [0, 0.05) is 19.7 Å². The van der Waals surface area contributed by atoms with E-state index in [0.29, 0.717) is 12.2 Å². The molecular weight excluding hydrogens is 248 g/mol. The third-order valence-corrected chi connectivity index (χ3v) is 2.54. The number of nitro groups is 1. The third-order valence-electron chi connectivity index (χ3n) is 2.54. The molecule has 1 aromatic carbocycles. The van der Waals surface area contributed by atoms with Gasteiger partial charge in [0.15, 0.2) is 0 Å². The Morgan fingerprint density at radius 1 is 1.42 bits per heavy atom. The molecule has 0 saturated heterocycles. The maximum atomic E-state index is 11.0. The lowest BCUT2D eigenvalue weighted by Gasteiger charge is -2.28. The molecule has 0 aliphatic heterocycles. The topological polar surface area (TPSA) is 83.7 Å². The first-order valence-electron chi connectivity index (χ1n) is 5.85. The number of hydrogen-bond acceptors (Lipinski definition) is 4. The normalized spacial score (nSPS) is 11.2. The molecule has 0 bridgehead atoms. The predicted molar refractivity (Wildman–Crippen MR) is 72.8 cm³/mol. The summed E-state index contributed by atoms with van der Waals surface area (Å²) in [5.74, 6) is -1.10. The Kier molecular flexibility index (Phi) is 4.14. The Labute approximate surface area is 111 Å². The van der Waals surface area contributed by atoms with Crippen LogP contribution in [-0.4, -0.2) is 29.6 Å². The van der Waals surface area contributed by atoms with Gasteiger partial charge in [-0.25, -0.2) is 4.79 Å². The zero-order chi connectivity index (χ0) is 14.8. The molecule has 1 rings (SSSR count). The average molecular weight is 266 g/mol. The summed E-state index contributed by atoms with van der Waals surface area (Å²) in [6.07, 6.45) is 0. The van der Waals surface area contributed by atoms with Crippen molar-refractivity contribution in [3.05, 3.63) is 33.9 Å². The highest BCUT2D eigenvalue weighted by Gasteiger charge is 2.22. The minimum Gasteiger partial charge on any atom is -0.478 e. The van der Waals surface area contributed by atoms with E-state index in [0.717, 1.165) is 0 Å². The Morgan fingerprint density at radius 2 is 2.00 bits per heavy atom. The summed E-state index contributed by atoms with van der Waals surface area (Å²) in [7, 11) is 1.72. The summed E-state index contributed by atoms with van der Waals surface area (Å²) in [6, 6.07) is 3.82. The first kappa shape index (κ1) is 14.9. The highest BCUT2D eigenvalue weighted by atomic mass is 16.6. The Hall–Kier alpha value is -2.11. The van der Waals surface area contributed by atoms with Crippen LogP contribution in [-0.2, 0) is 0 Å². The highest BCUT2D eigenvalue weighted by Crippen LogP contribution is 2.30. The van der Waals surface area contributed by atoms with Gasteiger partial charge in [-0.1, -0.05) is 20.8 Å². The smallest absolute Gasteiger partial charge is 0.335 e.